The van der Waals surface area contributed by atoms with E-state index in [1.807, 2.05) is 0 Å². The van der Waals surface area contributed by atoms with Gasteiger partial charge in [-0.2, -0.15) is 0 Å². The Bertz CT molecular complexity index is 244. The third-order valence-electron chi connectivity index (χ3n) is 6.14. The second-order valence-corrected chi connectivity index (χ2v) is 6.88. The van der Waals surface area contributed by atoms with E-state index in [9.17, 15) is 0 Å². The molecule has 0 aromatic heterocycles. The summed E-state index contributed by atoms with van der Waals surface area (Å²) in [5, 5.41) is 0. The largest absolute Gasteiger partial charge is 0.0654 e. The standard InChI is InChI=1S/C16H28/c1-2-10-16-11-5-3-4-7-13-8-6-9-15(16)14(13)12-16/h13-15H,2-12H2,1H3. The van der Waals surface area contributed by atoms with Crippen LogP contribution in [0.2, 0.25) is 0 Å². The van der Waals surface area contributed by atoms with Gasteiger partial charge in [0.05, 0.1) is 0 Å². The SMILES string of the molecule is CCCC12CCCCCC3CCCC1C3C2. The summed E-state index contributed by atoms with van der Waals surface area (Å²) in [6.07, 6.45) is 17.1. The van der Waals surface area contributed by atoms with Gasteiger partial charge in [0.1, 0.15) is 0 Å². The fourth-order valence-electron chi connectivity index (χ4n) is 5.50. The molecule has 0 N–H and O–H groups in total. The van der Waals surface area contributed by atoms with Crippen LogP contribution in [0.15, 0.2) is 0 Å². The molecule has 16 heavy (non-hydrogen) atoms. The van der Waals surface area contributed by atoms with Crippen LogP contribution in [0, 0.1) is 23.2 Å². The summed E-state index contributed by atoms with van der Waals surface area (Å²) >= 11 is 0. The van der Waals surface area contributed by atoms with E-state index in [-0.39, 0.29) is 0 Å². The third kappa shape index (κ3) is 1.64. The molecule has 0 aromatic carbocycles. The Morgan fingerprint density at radius 1 is 1.00 bits per heavy atom. The van der Waals surface area contributed by atoms with Crippen molar-refractivity contribution < 1.29 is 0 Å². The van der Waals surface area contributed by atoms with Gasteiger partial charge in [-0.15, -0.1) is 0 Å². The Balaban J connectivity index is 1.79. The minimum Gasteiger partial charge on any atom is -0.0654 e. The highest BCUT2D eigenvalue weighted by atomic mass is 14.6. The summed E-state index contributed by atoms with van der Waals surface area (Å²) in [6, 6.07) is 0. The Morgan fingerprint density at radius 2 is 1.88 bits per heavy atom. The summed E-state index contributed by atoms with van der Waals surface area (Å²) in [7, 11) is 0. The van der Waals surface area contributed by atoms with Gasteiger partial charge in [-0.3, -0.25) is 0 Å². The van der Waals surface area contributed by atoms with Crippen LogP contribution in [0.5, 0.6) is 0 Å². The van der Waals surface area contributed by atoms with Crippen LogP contribution in [0.4, 0.5) is 0 Å². The average Bonchev–Trinajstić information content (AvgIpc) is 2.38. The highest BCUT2D eigenvalue weighted by Crippen LogP contribution is 2.64. The van der Waals surface area contributed by atoms with Crippen molar-refractivity contribution in [2.75, 3.05) is 0 Å². The van der Waals surface area contributed by atoms with E-state index in [1.54, 1.807) is 44.9 Å². The van der Waals surface area contributed by atoms with Crippen molar-refractivity contribution >= 4 is 0 Å². The van der Waals surface area contributed by atoms with Gasteiger partial charge in [0, 0.05) is 0 Å². The minimum atomic E-state index is 0.836. The van der Waals surface area contributed by atoms with Gasteiger partial charge in [-0.1, -0.05) is 51.9 Å². The molecule has 0 heteroatoms. The zero-order chi connectivity index (χ0) is 11.0. The molecule has 0 aliphatic heterocycles. The van der Waals surface area contributed by atoms with Crippen molar-refractivity contribution in [3.05, 3.63) is 0 Å². The fraction of sp³-hybridized carbons (Fsp3) is 1.00. The molecule has 0 heterocycles. The predicted octanol–water partition coefficient (Wildman–Crippen LogP) is 5.17. The molecule has 3 saturated carbocycles. The van der Waals surface area contributed by atoms with E-state index >= 15 is 0 Å². The van der Waals surface area contributed by atoms with Crippen LogP contribution in [-0.2, 0) is 0 Å². The molecule has 4 bridgehead atoms. The molecule has 3 aliphatic rings. The molecule has 3 rings (SSSR count). The van der Waals surface area contributed by atoms with Crippen molar-refractivity contribution in [2.24, 2.45) is 23.2 Å². The van der Waals surface area contributed by atoms with Crippen LogP contribution >= 0.6 is 0 Å². The second-order valence-electron chi connectivity index (χ2n) is 6.88. The summed E-state index contributed by atoms with van der Waals surface area (Å²) < 4.78 is 0. The van der Waals surface area contributed by atoms with E-state index in [2.05, 4.69) is 6.92 Å². The molecule has 0 nitrogen and oxygen atoms in total. The number of hydrogen-bond acceptors (Lipinski definition) is 0. The Kier molecular flexibility index (Phi) is 3.02. The highest BCUT2D eigenvalue weighted by Gasteiger charge is 2.55. The molecule has 0 radical (unpaired) electrons. The molecular weight excluding hydrogens is 192 g/mol. The molecule has 4 unspecified atom stereocenters. The molecular formula is C16H28. The smallest absolute Gasteiger partial charge is 0.0264 e. The lowest BCUT2D eigenvalue weighted by Crippen LogP contribution is -2.52. The van der Waals surface area contributed by atoms with Crippen LogP contribution in [-0.4, -0.2) is 0 Å². The van der Waals surface area contributed by atoms with Crippen molar-refractivity contribution in [2.45, 2.75) is 77.6 Å². The van der Waals surface area contributed by atoms with E-state index in [1.165, 1.54) is 31.6 Å². The zero-order valence-electron chi connectivity index (χ0n) is 11.0. The maximum atomic E-state index is 2.40. The molecule has 0 aromatic rings. The molecule has 3 aliphatic carbocycles. The Labute approximate surface area is 101 Å². The molecule has 4 atom stereocenters. The van der Waals surface area contributed by atoms with Crippen molar-refractivity contribution in [3.63, 3.8) is 0 Å². The maximum Gasteiger partial charge on any atom is -0.0264 e. The molecule has 0 spiro atoms. The van der Waals surface area contributed by atoms with Gasteiger partial charge < -0.3 is 0 Å². The molecule has 92 valence electrons. The van der Waals surface area contributed by atoms with Crippen LogP contribution < -0.4 is 0 Å². The zero-order valence-corrected chi connectivity index (χ0v) is 11.0. The molecule has 0 saturated heterocycles. The van der Waals surface area contributed by atoms with Crippen molar-refractivity contribution in [3.8, 4) is 0 Å². The number of hydrogen-bond donors (Lipinski definition) is 0. The maximum absolute atomic E-state index is 2.40. The number of rotatable bonds is 2. The summed E-state index contributed by atoms with van der Waals surface area (Å²) in [6.45, 7) is 2.40. The predicted molar refractivity (Wildman–Crippen MR) is 69.4 cm³/mol. The summed E-state index contributed by atoms with van der Waals surface area (Å²) in [5.41, 5.74) is 0.836. The molecule has 3 fully saturated rings. The minimum absolute atomic E-state index is 0.836. The quantitative estimate of drug-likeness (QED) is 0.602. The van der Waals surface area contributed by atoms with Gasteiger partial charge in [0.2, 0.25) is 0 Å². The lowest BCUT2D eigenvalue weighted by Gasteiger charge is -2.60. The lowest BCUT2D eigenvalue weighted by molar-refractivity contribution is -0.110. The van der Waals surface area contributed by atoms with Crippen LogP contribution in [0.3, 0.4) is 0 Å². The van der Waals surface area contributed by atoms with E-state index in [0.717, 1.165) is 17.3 Å². The van der Waals surface area contributed by atoms with Crippen LogP contribution in [0.25, 0.3) is 0 Å². The van der Waals surface area contributed by atoms with E-state index < -0.39 is 0 Å². The third-order valence-corrected chi connectivity index (χ3v) is 6.14. The van der Waals surface area contributed by atoms with Gasteiger partial charge in [0.15, 0.2) is 0 Å². The Hall–Kier alpha value is 0. The topological polar surface area (TPSA) is 0 Å². The van der Waals surface area contributed by atoms with Gasteiger partial charge in [-0.25, -0.2) is 0 Å². The second kappa shape index (κ2) is 4.35. The van der Waals surface area contributed by atoms with E-state index in [0.29, 0.717) is 0 Å². The van der Waals surface area contributed by atoms with E-state index in [4.69, 9.17) is 0 Å². The van der Waals surface area contributed by atoms with Crippen LogP contribution in [0.1, 0.15) is 77.6 Å². The summed E-state index contributed by atoms with van der Waals surface area (Å²) in [4.78, 5) is 0. The van der Waals surface area contributed by atoms with Crippen molar-refractivity contribution in [1.29, 1.82) is 0 Å². The van der Waals surface area contributed by atoms with Gasteiger partial charge in [0.25, 0.3) is 0 Å². The van der Waals surface area contributed by atoms with Gasteiger partial charge in [-0.05, 0) is 48.9 Å². The molecule has 0 amide bonds. The van der Waals surface area contributed by atoms with Crippen molar-refractivity contribution in [1.82, 2.24) is 0 Å². The summed E-state index contributed by atoms with van der Waals surface area (Å²) in [5.74, 6) is 3.46. The Morgan fingerprint density at radius 3 is 2.75 bits per heavy atom. The first kappa shape index (κ1) is 11.1. The highest BCUT2D eigenvalue weighted by molar-refractivity contribution is 5.05. The monoisotopic (exact) mass is 220 g/mol. The lowest BCUT2D eigenvalue weighted by atomic mass is 9.44. The first-order valence-electron chi connectivity index (χ1n) is 7.86. The normalized spacial score (nSPS) is 47.4. The first-order chi connectivity index (χ1) is 7.86. The first-order valence-corrected chi connectivity index (χ1v) is 7.86. The average molecular weight is 220 g/mol. The fourth-order valence-corrected chi connectivity index (χ4v) is 5.50. The van der Waals surface area contributed by atoms with Gasteiger partial charge >= 0.3 is 0 Å².